The number of hydrogen-bond acceptors (Lipinski definition) is 3. The maximum Gasteiger partial charge on any atom is 0.317 e. The van der Waals surface area contributed by atoms with Crippen LogP contribution in [0.5, 0.6) is 0 Å². The maximum atomic E-state index is 11.3. The van der Waals surface area contributed by atoms with Gasteiger partial charge in [-0.05, 0) is 38.4 Å². The number of amides is 2. The van der Waals surface area contributed by atoms with Crippen LogP contribution in [-0.4, -0.2) is 22.4 Å². The number of rotatable bonds is 3. The third kappa shape index (κ3) is 2.62. The highest BCUT2D eigenvalue weighted by Crippen LogP contribution is 2.30. The Morgan fingerprint density at radius 1 is 1.43 bits per heavy atom. The van der Waals surface area contributed by atoms with Crippen LogP contribution in [0.25, 0.3) is 5.69 Å². The number of hydrogen-bond donors (Lipinski definition) is 3. The number of primary amides is 1. The fourth-order valence-corrected chi connectivity index (χ4v) is 2.78. The molecule has 4 N–H and O–H groups in total. The normalized spacial score (nSPS) is 17.9. The molecule has 110 valence electrons. The fraction of sp³-hybridized carbons (Fsp3) is 0.333. The first kappa shape index (κ1) is 13.6. The monoisotopic (exact) mass is 285 g/mol. The molecule has 1 fully saturated rings. The Labute approximate surface area is 123 Å². The number of nitrogens with two attached hydrogens (primary N) is 1. The zero-order valence-corrected chi connectivity index (χ0v) is 12.0. The third-order valence-corrected chi connectivity index (χ3v) is 3.79. The lowest BCUT2D eigenvalue weighted by Crippen LogP contribution is -2.21. The van der Waals surface area contributed by atoms with Crippen molar-refractivity contribution in [2.45, 2.75) is 25.8 Å². The van der Waals surface area contributed by atoms with E-state index in [1.54, 1.807) is 4.68 Å². The summed E-state index contributed by atoms with van der Waals surface area (Å²) < 4.78 is 1.75. The molecule has 1 aliphatic heterocycles. The summed E-state index contributed by atoms with van der Waals surface area (Å²) in [6.45, 7) is 2.97. The molecule has 0 spiro atoms. The van der Waals surface area contributed by atoms with Gasteiger partial charge in [0.1, 0.15) is 5.82 Å². The maximum absolute atomic E-state index is 11.3. The fourth-order valence-electron chi connectivity index (χ4n) is 2.78. The van der Waals surface area contributed by atoms with Gasteiger partial charge in [0.2, 0.25) is 0 Å². The summed E-state index contributed by atoms with van der Waals surface area (Å²) in [6.07, 6.45) is 2.20. The van der Waals surface area contributed by atoms with E-state index in [1.165, 1.54) is 0 Å². The molecule has 1 aromatic carbocycles. The summed E-state index contributed by atoms with van der Waals surface area (Å²) in [7, 11) is 0. The van der Waals surface area contributed by atoms with Crippen LogP contribution >= 0.6 is 0 Å². The van der Waals surface area contributed by atoms with Gasteiger partial charge in [0.15, 0.2) is 0 Å². The molecule has 1 aliphatic rings. The zero-order valence-electron chi connectivity index (χ0n) is 12.0. The molecule has 21 heavy (non-hydrogen) atoms. The molecule has 6 heteroatoms. The molecule has 0 aliphatic carbocycles. The Morgan fingerprint density at radius 2 is 2.19 bits per heavy atom. The van der Waals surface area contributed by atoms with E-state index in [0.29, 0.717) is 5.82 Å². The predicted molar refractivity (Wildman–Crippen MR) is 81.5 cm³/mol. The van der Waals surface area contributed by atoms with Crippen molar-refractivity contribution in [1.82, 2.24) is 15.1 Å². The lowest BCUT2D eigenvalue weighted by atomic mass is 10.1. The number of carbonyl (C=O) groups is 1. The second-order valence-electron chi connectivity index (χ2n) is 5.24. The molecule has 0 saturated carbocycles. The highest BCUT2D eigenvalue weighted by molar-refractivity contribution is 5.88. The number of nitrogens with one attached hydrogen (secondary N) is 2. The van der Waals surface area contributed by atoms with Crippen LogP contribution < -0.4 is 16.4 Å². The predicted octanol–water partition coefficient (Wildman–Crippen LogP) is 2.10. The van der Waals surface area contributed by atoms with Crippen molar-refractivity contribution in [3.8, 4) is 5.69 Å². The number of carbonyl (C=O) groups excluding carboxylic acids is 1. The first-order valence-corrected chi connectivity index (χ1v) is 7.11. The van der Waals surface area contributed by atoms with E-state index < -0.39 is 6.03 Å². The molecule has 1 aromatic heterocycles. The van der Waals surface area contributed by atoms with Gasteiger partial charge in [0.05, 0.1) is 17.4 Å². The molecule has 0 radical (unpaired) electrons. The van der Waals surface area contributed by atoms with Crippen LogP contribution in [0, 0.1) is 6.92 Å². The summed E-state index contributed by atoms with van der Waals surface area (Å²) >= 11 is 0. The number of urea groups is 1. The minimum atomic E-state index is -0.582. The lowest BCUT2D eigenvalue weighted by Gasteiger charge is -2.08. The van der Waals surface area contributed by atoms with E-state index in [2.05, 4.69) is 10.6 Å². The molecule has 1 saturated heterocycles. The standard InChI is InChI=1S/C15H19N5O/c1-10-13(12-8-5-9-17-12)19-20(14(10)18-15(16)21)11-6-3-2-4-7-11/h2-4,6-7,12,17H,5,8-9H2,1H3,(H3,16,18,21)/t12-/m0/s1. The van der Waals surface area contributed by atoms with E-state index in [1.807, 2.05) is 37.3 Å². The second kappa shape index (κ2) is 5.57. The first-order chi connectivity index (χ1) is 10.2. The molecule has 6 nitrogen and oxygen atoms in total. The Bertz CT molecular complexity index is 644. The summed E-state index contributed by atoms with van der Waals surface area (Å²) in [6, 6.07) is 9.38. The van der Waals surface area contributed by atoms with Crippen LogP contribution in [0.15, 0.2) is 30.3 Å². The van der Waals surface area contributed by atoms with Crippen molar-refractivity contribution < 1.29 is 4.79 Å². The van der Waals surface area contributed by atoms with Gasteiger partial charge in [0.25, 0.3) is 0 Å². The molecule has 3 rings (SSSR count). The Morgan fingerprint density at radius 3 is 2.81 bits per heavy atom. The number of anilines is 1. The molecule has 2 heterocycles. The molecule has 2 aromatic rings. The molecule has 0 bridgehead atoms. The quantitative estimate of drug-likeness (QED) is 0.807. The molecular formula is C15H19N5O. The largest absolute Gasteiger partial charge is 0.351 e. The summed E-state index contributed by atoms with van der Waals surface area (Å²) in [4.78, 5) is 11.3. The van der Waals surface area contributed by atoms with Crippen molar-refractivity contribution in [3.05, 3.63) is 41.6 Å². The Balaban J connectivity index is 2.08. The molecule has 2 amide bonds. The van der Waals surface area contributed by atoms with E-state index >= 15 is 0 Å². The van der Waals surface area contributed by atoms with Crippen molar-refractivity contribution in [3.63, 3.8) is 0 Å². The molecular weight excluding hydrogens is 266 g/mol. The number of benzene rings is 1. The van der Waals surface area contributed by atoms with Crippen molar-refractivity contribution in [2.24, 2.45) is 5.73 Å². The lowest BCUT2D eigenvalue weighted by molar-refractivity contribution is 0.259. The summed E-state index contributed by atoms with van der Waals surface area (Å²) in [5.41, 5.74) is 8.12. The molecule has 0 unspecified atom stereocenters. The zero-order chi connectivity index (χ0) is 14.8. The van der Waals surface area contributed by atoms with Gasteiger partial charge in [-0.3, -0.25) is 5.32 Å². The number of aromatic nitrogens is 2. The van der Waals surface area contributed by atoms with Crippen LogP contribution in [-0.2, 0) is 0 Å². The van der Waals surface area contributed by atoms with Crippen molar-refractivity contribution in [2.75, 3.05) is 11.9 Å². The van der Waals surface area contributed by atoms with E-state index in [4.69, 9.17) is 10.8 Å². The van der Waals surface area contributed by atoms with Crippen molar-refractivity contribution >= 4 is 11.8 Å². The van der Waals surface area contributed by atoms with Crippen LogP contribution in [0.4, 0.5) is 10.6 Å². The van der Waals surface area contributed by atoms with Crippen LogP contribution in [0.2, 0.25) is 0 Å². The Hall–Kier alpha value is -2.34. The summed E-state index contributed by atoms with van der Waals surface area (Å²) in [5.74, 6) is 0.636. The highest BCUT2D eigenvalue weighted by atomic mass is 16.2. The van der Waals surface area contributed by atoms with Gasteiger partial charge in [-0.25, -0.2) is 9.48 Å². The van der Waals surface area contributed by atoms with Crippen molar-refractivity contribution in [1.29, 1.82) is 0 Å². The van der Waals surface area contributed by atoms with Gasteiger partial charge in [-0.1, -0.05) is 18.2 Å². The van der Waals surface area contributed by atoms with E-state index in [0.717, 1.165) is 36.3 Å². The van der Waals surface area contributed by atoms with E-state index in [-0.39, 0.29) is 6.04 Å². The minimum Gasteiger partial charge on any atom is -0.351 e. The number of nitrogens with zero attached hydrogens (tertiary/aromatic N) is 2. The number of para-hydroxylation sites is 1. The average molecular weight is 285 g/mol. The van der Waals surface area contributed by atoms with Crippen LogP contribution in [0.3, 0.4) is 0 Å². The van der Waals surface area contributed by atoms with Gasteiger partial charge >= 0.3 is 6.03 Å². The van der Waals surface area contributed by atoms with Gasteiger partial charge in [0, 0.05) is 5.56 Å². The minimum absolute atomic E-state index is 0.239. The third-order valence-electron chi connectivity index (χ3n) is 3.79. The topological polar surface area (TPSA) is 85.0 Å². The van der Waals surface area contributed by atoms with Gasteiger partial charge in [-0.15, -0.1) is 0 Å². The van der Waals surface area contributed by atoms with E-state index in [9.17, 15) is 4.79 Å². The Kier molecular flexibility index (Phi) is 3.62. The highest BCUT2D eigenvalue weighted by Gasteiger charge is 2.25. The second-order valence-corrected chi connectivity index (χ2v) is 5.24. The SMILES string of the molecule is Cc1c([C@@H]2CCCN2)nn(-c2ccccc2)c1NC(N)=O. The smallest absolute Gasteiger partial charge is 0.317 e. The molecule has 1 atom stereocenters. The van der Waals surface area contributed by atoms with Crippen LogP contribution in [0.1, 0.15) is 30.1 Å². The van der Waals surface area contributed by atoms with Gasteiger partial charge in [-0.2, -0.15) is 5.10 Å². The first-order valence-electron chi connectivity index (χ1n) is 7.11. The van der Waals surface area contributed by atoms with Gasteiger partial charge < -0.3 is 11.1 Å². The summed E-state index contributed by atoms with van der Waals surface area (Å²) in [5, 5.41) is 10.8. The average Bonchev–Trinajstić information content (AvgIpc) is 3.09.